The van der Waals surface area contributed by atoms with Crippen LogP contribution in [-0.2, 0) is 27.3 Å². The summed E-state index contributed by atoms with van der Waals surface area (Å²) in [6, 6.07) is 5.25. The van der Waals surface area contributed by atoms with E-state index in [1.807, 2.05) is 29.8 Å². The van der Waals surface area contributed by atoms with Gasteiger partial charge in [-0.25, -0.2) is 4.79 Å². The first kappa shape index (κ1) is 15.7. The van der Waals surface area contributed by atoms with Crippen molar-refractivity contribution in [2.45, 2.75) is 31.8 Å². The van der Waals surface area contributed by atoms with Gasteiger partial charge < -0.3 is 9.64 Å². The number of carbonyl (C=O) groups excluding carboxylic acids is 2. The summed E-state index contributed by atoms with van der Waals surface area (Å²) in [6.45, 7) is 1.42. The van der Waals surface area contributed by atoms with Crippen LogP contribution in [0.5, 0.6) is 0 Å². The summed E-state index contributed by atoms with van der Waals surface area (Å²) in [4.78, 5) is 27.3. The number of thiophene rings is 1. The Labute approximate surface area is 138 Å². The van der Waals surface area contributed by atoms with Gasteiger partial charge in [0.05, 0.1) is 13.0 Å². The van der Waals surface area contributed by atoms with E-state index in [1.54, 1.807) is 27.1 Å². The molecule has 23 heavy (non-hydrogen) atoms. The van der Waals surface area contributed by atoms with E-state index >= 15 is 0 Å². The van der Waals surface area contributed by atoms with Crippen LogP contribution >= 0.6 is 11.3 Å². The molecule has 122 valence electrons. The molecular weight excluding hydrogens is 314 g/mol. The van der Waals surface area contributed by atoms with Gasteiger partial charge in [0.1, 0.15) is 12.6 Å². The molecule has 2 aromatic rings. The highest BCUT2D eigenvalue weighted by Gasteiger charge is 2.35. The molecule has 1 aliphatic rings. The second kappa shape index (κ2) is 7.41. The minimum Gasteiger partial charge on any atom is -0.462 e. The topological polar surface area (TPSA) is 64.4 Å². The number of amides is 1. The number of likely N-dealkylation sites (tertiary alicyclic amines) is 1. The fourth-order valence-electron chi connectivity index (χ4n) is 2.74. The SMILES string of the molecule is O=C(OCCn1cccn1)C1CCCN1C(=O)Cc1cccs1. The summed E-state index contributed by atoms with van der Waals surface area (Å²) in [6.07, 6.45) is 5.38. The molecule has 6 nitrogen and oxygen atoms in total. The van der Waals surface area contributed by atoms with Crippen LogP contribution in [-0.4, -0.2) is 45.8 Å². The third kappa shape index (κ3) is 3.98. The summed E-state index contributed by atoms with van der Waals surface area (Å²) in [5, 5.41) is 6.01. The van der Waals surface area contributed by atoms with Crippen molar-refractivity contribution in [3.63, 3.8) is 0 Å². The van der Waals surface area contributed by atoms with Crippen molar-refractivity contribution in [2.24, 2.45) is 0 Å². The molecule has 1 unspecified atom stereocenters. The maximum atomic E-state index is 12.4. The van der Waals surface area contributed by atoms with Gasteiger partial charge in [-0.15, -0.1) is 11.3 Å². The van der Waals surface area contributed by atoms with Gasteiger partial charge >= 0.3 is 5.97 Å². The number of hydrogen-bond donors (Lipinski definition) is 0. The monoisotopic (exact) mass is 333 g/mol. The van der Waals surface area contributed by atoms with E-state index in [1.165, 1.54) is 0 Å². The minimum atomic E-state index is -0.444. The molecule has 0 radical (unpaired) electrons. The maximum absolute atomic E-state index is 12.4. The van der Waals surface area contributed by atoms with E-state index in [-0.39, 0.29) is 18.5 Å². The number of esters is 1. The highest BCUT2D eigenvalue weighted by Crippen LogP contribution is 2.21. The predicted octanol–water partition coefficient (Wildman–Crippen LogP) is 1.72. The number of aromatic nitrogens is 2. The molecule has 0 saturated carbocycles. The molecule has 0 aromatic carbocycles. The number of rotatable bonds is 6. The molecule has 1 saturated heterocycles. The molecule has 0 spiro atoms. The molecule has 2 aromatic heterocycles. The van der Waals surface area contributed by atoms with E-state index in [9.17, 15) is 9.59 Å². The van der Waals surface area contributed by atoms with Crippen LogP contribution in [0.2, 0.25) is 0 Å². The maximum Gasteiger partial charge on any atom is 0.328 e. The van der Waals surface area contributed by atoms with Gasteiger partial charge in [-0.1, -0.05) is 6.07 Å². The molecular formula is C16H19N3O3S. The third-order valence-corrected chi connectivity index (χ3v) is 4.75. The van der Waals surface area contributed by atoms with Crippen molar-refractivity contribution in [3.05, 3.63) is 40.8 Å². The van der Waals surface area contributed by atoms with Gasteiger partial charge in [-0.2, -0.15) is 5.10 Å². The molecule has 3 rings (SSSR count). The lowest BCUT2D eigenvalue weighted by Gasteiger charge is -2.23. The number of nitrogens with zero attached hydrogens (tertiary/aromatic N) is 3. The fourth-order valence-corrected chi connectivity index (χ4v) is 3.44. The Hall–Kier alpha value is -2.15. The zero-order valence-electron chi connectivity index (χ0n) is 12.8. The first-order chi connectivity index (χ1) is 11.2. The first-order valence-electron chi connectivity index (χ1n) is 7.70. The van der Waals surface area contributed by atoms with Crippen LogP contribution in [0, 0.1) is 0 Å². The zero-order valence-corrected chi connectivity index (χ0v) is 13.6. The molecule has 3 heterocycles. The average Bonchev–Trinajstić information content (AvgIpc) is 3.29. The van der Waals surface area contributed by atoms with Crippen LogP contribution in [0.4, 0.5) is 0 Å². The second-order valence-corrected chi connectivity index (χ2v) is 6.47. The van der Waals surface area contributed by atoms with Gasteiger partial charge in [0.15, 0.2) is 0 Å². The van der Waals surface area contributed by atoms with Gasteiger partial charge in [-0.05, 0) is 30.4 Å². The van der Waals surface area contributed by atoms with Crippen molar-refractivity contribution >= 4 is 23.2 Å². The molecule has 7 heteroatoms. The van der Waals surface area contributed by atoms with Crippen molar-refractivity contribution < 1.29 is 14.3 Å². The smallest absolute Gasteiger partial charge is 0.328 e. The third-order valence-electron chi connectivity index (χ3n) is 3.87. The second-order valence-electron chi connectivity index (χ2n) is 5.44. The van der Waals surface area contributed by atoms with Crippen LogP contribution < -0.4 is 0 Å². The number of hydrogen-bond acceptors (Lipinski definition) is 5. The van der Waals surface area contributed by atoms with Gasteiger partial charge in [-0.3, -0.25) is 9.48 Å². The standard InChI is InChI=1S/C16H19N3O3S/c20-15(12-13-4-2-11-23-13)19-8-1-5-14(19)16(21)22-10-9-18-7-3-6-17-18/h2-4,6-7,11,14H,1,5,8-10,12H2. The highest BCUT2D eigenvalue weighted by molar-refractivity contribution is 7.10. The Morgan fingerprint density at radius 2 is 2.30 bits per heavy atom. The molecule has 1 atom stereocenters. The van der Waals surface area contributed by atoms with Crippen LogP contribution in [0.1, 0.15) is 17.7 Å². The van der Waals surface area contributed by atoms with Crippen molar-refractivity contribution in [2.75, 3.05) is 13.2 Å². The van der Waals surface area contributed by atoms with Crippen LogP contribution in [0.25, 0.3) is 0 Å². The molecule has 0 bridgehead atoms. The van der Waals surface area contributed by atoms with Gasteiger partial charge in [0, 0.05) is 23.8 Å². The summed E-state index contributed by atoms with van der Waals surface area (Å²) >= 11 is 1.56. The van der Waals surface area contributed by atoms with Crippen LogP contribution in [0.3, 0.4) is 0 Å². The van der Waals surface area contributed by atoms with Crippen molar-refractivity contribution in [3.8, 4) is 0 Å². The van der Waals surface area contributed by atoms with E-state index in [2.05, 4.69) is 5.10 Å². The fraction of sp³-hybridized carbons (Fsp3) is 0.438. The minimum absolute atomic E-state index is 0.000948. The Morgan fingerprint density at radius 3 is 3.04 bits per heavy atom. The largest absolute Gasteiger partial charge is 0.462 e. The van der Waals surface area contributed by atoms with Gasteiger partial charge in [0.2, 0.25) is 5.91 Å². The van der Waals surface area contributed by atoms with Gasteiger partial charge in [0.25, 0.3) is 0 Å². The molecule has 1 amide bonds. The van der Waals surface area contributed by atoms with E-state index in [0.717, 1.165) is 11.3 Å². The molecule has 0 aliphatic carbocycles. The molecule has 0 N–H and O–H groups in total. The zero-order chi connectivity index (χ0) is 16.1. The Morgan fingerprint density at radius 1 is 1.39 bits per heavy atom. The lowest BCUT2D eigenvalue weighted by Crippen LogP contribution is -2.42. The van der Waals surface area contributed by atoms with E-state index in [0.29, 0.717) is 25.9 Å². The Balaban J connectivity index is 1.51. The average molecular weight is 333 g/mol. The van der Waals surface area contributed by atoms with E-state index < -0.39 is 6.04 Å². The summed E-state index contributed by atoms with van der Waals surface area (Å²) in [5.41, 5.74) is 0. The van der Waals surface area contributed by atoms with Crippen molar-refractivity contribution in [1.29, 1.82) is 0 Å². The highest BCUT2D eigenvalue weighted by atomic mass is 32.1. The predicted molar refractivity (Wildman–Crippen MR) is 85.9 cm³/mol. The Bertz CT molecular complexity index is 640. The summed E-state index contributed by atoms with van der Waals surface area (Å²) in [7, 11) is 0. The quantitative estimate of drug-likeness (QED) is 0.755. The van der Waals surface area contributed by atoms with Crippen LogP contribution in [0.15, 0.2) is 36.0 Å². The summed E-state index contributed by atoms with van der Waals surface area (Å²) < 4.78 is 7.03. The van der Waals surface area contributed by atoms with Crippen molar-refractivity contribution in [1.82, 2.24) is 14.7 Å². The Kier molecular flexibility index (Phi) is 5.07. The first-order valence-corrected chi connectivity index (χ1v) is 8.58. The molecule has 1 aliphatic heterocycles. The number of ether oxygens (including phenoxy) is 1. The lowest BCUT2D eigenvalue weighted by atomic mass is 10.2. The normalized spacial score (nSPS) is 17.4. The number of carbonyl (C=O) groups is 2. The van der Waals surface area contributed by atoms with E-state index in [4.69, 9.17) is 4.74 Å². The molecule has 1 fully saturated rings. The summed E-state index contributed by atoms with van der Waals surface area (Å²) in [5.74, 6) is -0.312. The lowest BCUT2D eigenvalue weighted by molar-refractivity contribution is -0.153.